The molecule has 0 saturated heterocycles. The van der Waals surface area contributed by atoms with Crippen LogP contribution in [0.2, 0.25) is 0 Å². The van der Waals surface area contributed by atoms with Crippen molar-refractivity contribution < 1.29 is 4.79 Å². The molecule has 1 heterocycles. The summed E-state index contributed by atoms with van der Waals surface area (Å²) < 4.78 is 0. The lowest BCUT2D eigenvalue weighted by molar-refractivity contribution is 0.0934. The fourth-order valence-electron chi connectivity index (χ4n) is 2.05. The number of carbonyl (C=O) groups is 1. The van der Waals surface area contributed by atoms with E-state index in [1.807, 2.05) is 0 Å². The molecule has 2 unspecified atom stereocenters. The minimum Gasteiger partial charge on any atom is -0.348 e. The van der Waals surface area contributed by atoms with Gasteiger partial charge in [0.2, 0.25) is 0 Å². The van der Waals surface area contributed by atoms with E-state index in [4.69, 9.17) is 11.6 Å². The van der Waals surface area contributed by atoms with Crippen molar-refractivity contribution in [2.75, 3.05) is 0 Å². The maximum atomic E-state index is 11.8. The molecule has 4 nitrogen and oxygen atoms in total. The summed E-state index contributed by atoms with van der Waals surface area (Å²) in [7, 11) is 0. The molecule has 1 aromatic rings. The summed E-state index contributed by atoms with van der Waals surface area (Å²) >= 11 is 6.25. The molecule has 1 aromatic heterocycles. The molecule has 1 aliphatic rings. The van der Waals surface area contributed by atoms with Gasteiger partial charge in [0.15, 0.2) is 0 Å². The Morgan fingerprint density at radius 2 is 2.25 bits per heavy atom. The molecule has 2 rings (SSSR count). The number of aromatic amines is 1. The van der Waals surface area contributed by atoms with Gasteiger partial charge < -0.3 is 5.32 Å². The fourth-order valence-corrected chi connectivity index (χ4v) is 2.40. The van der Waals surface area contributed by atoms with Gasteiger partial charge >= 0.3 is 0 Å². The lowest BCUT2D eigenvalue weighted by atomic mass is 10.1. The first kappa shape index (κ1) is 11.5. The molecule has 1 aliphatic carbocycles. The molecule has 16 heavy (non-hydrogen) atoms. The topological polar surface area (TPSA) is 57.8 Å². The van der Waals surface area contributed by atoms with Crippen LogP contribution >= 0.6 is 11.6 Å². The number of halogens is 1. The molecular formula is C11H16ClN3O. The minimum absolute atomic E-state index is 0.0540. The quantitative estimate of drug-likeness (QED) is 0.615. The number of alkyl halides is 1. The fraction of sp³-hybridized carbons (Fsp3) is 0.636. The first-order valence-corrected chi connectivity index (χ1v) is 6.15. The van der Waals surface area contributed by atoms with Crippen LogP contribution in [-0.2, 0) is 0 Å². The van der Waals surface area contributed by atoms with Gasteiger partial charge in [-0.2, -0.15) is 5.10 Å². The van der Waals surface area contributed by atoms with Crippen molar-refractivity contribution in [1.82, 2.24) is 15.5 Å². The van der Waals surface area contributed by atoms with Crippen molar-refractivity contribution in [2.45, 2.75) is 43.5 Å². The third-order valence-corrected chi connectivity index (χ3v) is 3.53. The second kappa shape index (κ2) is 5.34. The van der Waals surface area contributed by atoms with Crippen LogP contribution in [0.15, 0.2) is 12.4 Å². The standard InChI is InChI=1S/C11H16ClN3O/c12-9-4-2-1-3-5-10(9)15-11(16)8-6-13-14-7-8/h6-7,9-10H,1-5H2,(H,13,14)(H,15,16). The van der Waals surface area contributed by atoms with Crippen molar-refractivity contribution >= 4 is 17.5 Å². The van der Waals surface area contributed by atoms with Gasteiger partial charge in [-0.1, -0.05) is 19.3 Å². The third-order valence-electron chi connectivity index (χ3n) is 3.01. The lowest BCUT2D eigenvalue weighted by Crippen LogP contribution is -2.40. The molecule has 0 radical (unpaired) electrons. The molecule has 5 heteroatoms. The number of hydrogen-bond donors (Lipinski definition) is 2. The zero-order chi connectivity index (χ0) is 11.4. The van der Waals surface area contributed by atoms with Gasteiger partial charge in [0.05, 0.1) is 17.1 Å². The van der Waals surface area contributed by atoms with Crippen LogP contribution in [0, 0.1) is 0 Å². The summed E-state index contributed by atoms with van der Waals surface area (Å²) in [6, 6.07) is 0.0894. The first-order chi connectivity index (χ1) is 7.77. The van der Waals surface area contributed by atoms with E-state index in [-0.39, 0.29) is 17.3 Å². The van der Waals surface area contributed by atoms with E-state index in [9.17, 15) is 4.79 Å². The third kappa shape index (κ3) is 2.76. The highest BCUT2D eigenvalue weighted by Gasteiger charge is 2.23. The Hall–Kier alpha value is -1.03. The molecule has 2 atom stereocenters. The predicted octanol–water partition coefficient (Wildman–Crippen LogP) is 2.08. The summed E-state index contributed by atoms with van der Waals surface area (Å²) in [5.74, 6) is -0.0914. The molecule has 2 N–H and O–H groups in total. The van der Waals surface area contributed by atoms with Crippen LogP contribution < -0.4 is 5.32 Å². The monoisotopic (exact) mass is 241 g/mol. The van der Waals surface area contributed by atoms with E-state index in [2.05, 4.69) is 15.5 Å². The largest absolute Gasteiger partial charge is 0.348 e. The molecule has 0 aliphatic heterocycles. The molecule has 0 bridgehead atoms. The van der Waals surface area contributed by atoms with Gasteiger partial charge in [0.1, 0.15) is 0 Å². The second-order valence-electron chi connectivity index (χ2n) is 4.22. The zero-order valence-electron chi connectivity index (χ0n) is 9.08. The number of carbonyl (C=O) groups excluding carboxylic acids is 1. The number of nitrogens with zero attached hydrogens (tertiary/aromatic N) is 1. The van der Waals surface area contributed by atoms with Gasteiger partial charge in [0.25, 0.3) is 5.91 Å². The predicted molar refractivity (Wildman–Crippen MR) is 62.6 cm³/mol. The number of hydrogen-bond acceptors (Lipinski definition) is 2. The second-order valence-corrected chi connectivity index (χ2v) is 4.78. The Morgan fingerprint density at radius 1 is 1.44 bits per heavy atom. The number of nitrogens with one attached hydrogen (secondary N) is 2. The number of aromatic nitrogens is 2. The summed E-state index contributed by atoms with van der Waals surface area (Å²) in [5, 5.41) is 9.42. The van der Waals surface area contributed by atoms with E-state index < -0.39 is 0 Å². The molecule has 1 amide bonds. The maximum absolute atomic E-state index is 11.8. The average Bonchev–Trinajstić information content (AvgIpc) is 2.73. The van der Waals surface area contributed by atoms with Crippen molar-refractivity contribution in [3.63, 3.8) is 0 Å². The zero-order valence-corrected chi connectivity index (χ0v) is 9.83. The van der Waals surface area contributed by atoms with E-state index in [0.717, 1.165) is 25.7 Å². The average molecular weight is 242 g/mol. The highest BCUT2D eigenvalue weighted by molar-refractivity contribution is 6.21. The highest BCUT2D eigenvalue weighted by atomic mass is 35.5. The van der Waals surface area contributed by atoms with Gasteiger partial charge in [-0.25, -0.2) is 0 Å². The van der Waals surface area contributed by atoms with Crippen LogP contribution in [0.1, 0.15) is 42.5 Å². The van der Waals surface area contributed by atoms with E-state index in [0.29, 0.717) is 5.56 Å². The molecule has 0 spiro atoms. The van der Waals surface area contributed by atoms with Crippen molar-refractivity contribution in [2.24, 2.45) is 0 Å². The summed E-state index contributed by atoms with van der Waals surface area (Å²) in [6.07, 6.45) is 8.58. The van der Waals surface area contributed by atoms with Gasteiger partial charge in [-0.15, -0.1) is 11.6 Å². The highest BCUT2D eigenvalue weighted by Crippen LogP contribution is 2.22. The van der Waals surface area contributed by atoms with Crippen LogP contribution in [-0.4, -0.2) is 27.5 Å². The normalized spacial score (nSPS) is 26.1. The molecule has 1 fully saturated rings. The number of amides is 1. The van der Waals surface area contributed by atoms with Gasteiger partial charge in [-0.3, -0.25) is 9.89 Å². The summed E-state index contributed by atoms with van der Waals surface area (Å²) in [6.45, 7) is 0. The molecular weight excluding hydrogens is 226 g/mol. The van der Waals surface area contributed by atoms with Crippen LogP contribution in [0.25, 0.3) is 0 Å². The van der Waals surface area contributed by atoms with E-state index in [1.54, 1.807) is 6.20 Å². The molecule has 0 aromatic carbocycles. The van der Waals surface area contributed by atoms with Crippen LogP contribution in [0.5, 0.6) is 0 Å². The SMILES string of the molecule is O=C(NC1CCCCCC1Cl)c1cn[nH]c1. The molecule has 1 saturated carbocycles. The van der Waals surface area contributed by atoms with Crippen molar-refractivity contribution in [1.29, 1.82) is 0 Å². The van der Waals surface area contributed by atoms with Gasteiger partial charge in [-0.05, 0) is 12.8 Å². The number of H-pyrrole nitrogens is 1. The maximum Gasteiger partial charge on any atom is 0.254 e. The van der Waals surface area contributed by atoms with Crippen molar-refractivity contribution in [3.05, 3.63) is 18.0 Å². The smallest absolute Gasteiger partial charge is 0.254 e. The number of rotatable bonds is 2. The van der Waals surface area contributed by atoms with Crippen LogP contribution in [0.4, 0.5) is 0 Å². The van der Waals surface area contributed by atoms with Crippen molar-refractivity contribution in [3.8, 4) is 0 Å². The summed E-state index contributed by atoms with van der Waals surface area (Å²) in [5.41, 5.74) is 0.563. The van der Waals surface area contributed by atoms with E-state index in [1.165, 1.54) is 12.6 Å². The Balaban J connectivity index is 1.95. The summed E-state index contributed by atoms with van der Waals surface area (Å²) in [4.78, 5) is 11.8. The Labute approximate surface area is 99.8 Å². The van der Waals surface area contributed by atoms with Gasteiger partial charge in [0, 0.05) is 12.2 Å². The Bertz CT molecular complexity index is 339. The van der Waals surface area contributed by atoms with Crippen LogP contribution in [0.3, 0.4) is 0 Å². The minimum atomic E-state index is -0.0914. The lowest BCUT2D eigenvalue weighted by Gasteiger charge is -2.20. The Morgan fingerprint density at radius 3 is 3.00 bits per heavy atom. The Kier molecular flexibility index (Phi) is 3.83. The molecule has 88 valence electrons. The van der Waals surface area contributed by atoms with E-state index >= 15 is 0 Å². The first-order valence-electron chi connectivity index (χ1n) is 5.71.